The predicted octanol–water partition coefficient (Wildman–Crippen LogP) is 5.62. The summed E-state index contributed by atoms with van der Waals surface area (Å²) in [5.41, 5.74) is -0.0351. The average Bonchev–Trinajstić information content (AvgIpc) is 2.78. The number of aliphatic carboxylic acids is 1. The Hall–Kier alpha value is -3.02. The number of rotatable bonds is 8. The van der Waals surface area contributed by atoms with Gasteiger partial charge in [0.1, 0.15) is 11.5 Å². The zero-order chi connectivity index (χ0) is 25.1. The third kappa shape index (κ3) is 6.10. The van der Waals surface area contributed by atoms with E-state index in [1.807, 2.05) is 61.2 Å². The number of hydrogen-bond acceptors (Lipinski definition) is 4. The van der Waals surface area contributed by atoms with Crippen molar-refractivity contribution >= 4 is 11.9 Å². The molecule has 0 unspecified atom stereocenters. The van der Waals surface area contributed by atoms with Gasteiger partial charge in [0.05, 0.1) is 0 Å². The third-order valence-electron chi connectivity index (χ3n) is 6.36. The summed E-state index contributed by atoms with van der Waals surface area (Å²) in [6.45, 7) is 12.3. The molecule has 0 radical (unpaired) electrons. The number of likely N-dealkylation sites (tertiary alicyclic amines) is 1. The average molecular weight is 468 g/mol. The van der Waals surface area contributed by atoms with Crippen molar-refractivity contribution in [2.75, 3.05) is 13.1 Å². The Labute approximate surface area is 202 Å². The van der Waals surface area contributed by atoms with E-state index in [2.05, 4.69) is 13.8 Å². The zero-order valence-corrected chi connectivity index (χ0v) is 21.1. The van der Waals surface area contributed by atoms with Crippen LogP contribution >= 0.6 is 0 Å². The normalized spacial score (nSPS) is 16.9. The molecular formula is C28H37NO5. The van der Waals surface area contributed by atoms with Crippen LogP contribution in [0, 0.1) is 0 Å². The van der Waals surface area contributed by atoms with Crippen LogP contribution in [0.1, 0.15) is 77.3 Å². The lowest BCUT2D eigenvalue weighted by molar-refractivity contribution is -0.152. The summed E-state index contributed by atoms with van der Waals surface area (Å²) in [6, 6.07) is 15.5. The number of piperidine rings is 1. The van der Waals surface area contributed by atoms with Gasteiger partial charge in [-0.25, -0.2) is 4.79 Å². The van der Waals surface area contributed by atoms with Crippen molar-refractivity contribution in [2.45, 2.75) is 77.4 Å². The van der Waals surface area contributed by atoms with Crippen LogP contribution in [-0.2, 0) is 9.59 Å². The highest BCUT2D eigenvalue weighted by molar-refractivity contribution is 5.85. The van der Waals surface area contributed by atoms with Crippen LogP contribution < -0.4 is 9.47 Å². The van der Waals surface area contributed by atoms with Crippen LogP contribution in [0.3, 0.4) is 0 Å². The zero-order valence-electron chi connectivity index (χ0n) is 21.1. The number of benzene rings is 2. The first kappa shape index (κ1) is 25.6. The van der Waals surface area contributed by atoms with Crippen molar-refractivity contribution in [1.29, 1.82) is 0 Å². The number of carbonyl (C=O) groups excluding carboxylic acids is 1. The molecule has 1 amide bonds. The van der Waals surface area contributed by atoms with E-state index in [9.17, 15) is 14.7 Å². The van der Waals surface area contributed by atoms with Gasteiger partial charge in [0.25, 0.3) is 5.91 Å². The third-order valence-corrected chi connectivity index (χ3v) is 6.36. The smallest absolute Gasteiger partial charge is 0.347 e. The van der Waals surface area contributed by atoms with Gasteiger partial charge < -0.3 is 19.5 Å². The number of nitrogens with zero attached hydrogens (tertiary/aromatic N) is 1. The Morgan fingerprint density at radius 1 is 0.971 bits per heavy atom. The van der Waals surface area contributed by atoms with E-state index in [1.54, 1.807) is 6.07 Å². The van der Waals surface area contributed by atoms with Gasteiger partial charge in [0, 0.05) is 19.0 Å². The summed E-state index contributed by atoms with van der Waals surface area (Å²) < 4.78 is 11.8. The SMILES string of the molecule is CC(C)c1ccc(OC(C)(C)C(=O)N2CCC[C@H](c3cccc(OC(C)(C)C(=O)O)c3)C2)cc1. The molecule has 34 heavy (non-hydrogen) atoms. The maximum Gasteiger partial charge on any atom is 0.347 e. The van der Waals surface area contributed by atoms with E-state index in [4.69, 9.17) is 9.47 Å². The maximum atomic E-state index is 13.4. The molecule has 6 heteroatoms. The second kappa shape index (κ2) is 10.1. The molecule has 0 spiro atoms. The number of carbonyl (C=O) groups is 2. The molecule has 1 N–H and O–H groups in total. The first-order valence-electron chi connectivity index (χ1n) is 12.0. The number of amides is 1. The molecule has 6 nitrogen and oxygen atoms in total. The molecule has 1 aliphatic rings. The minimum atomic E-state index is -1.32. The van der Waals surface area contributed by atoms with Gasteiger partial charge in [0.2, 0.25) is 0 Å². The van der Waals surface area contributed by atoms with Crippen LogP contribution in [0.15, 0.2) is 48.5 Å². The van der Waals surface area contributed by atoms with E-state index >= 15 is 0 Å². The van der Waals surface area contributed by atoms with Crippen molar-refractivity contribution in [3.8, 4) is 11.5 Å². The van der Waals surface area contributed by atoms with Crippen LogP contribution in [-0.4, -0.2) is 46.2 Å². The molecule has 1 saturated heterocycles. The number of hydrogen-bond donors (Lipinski definition) is 1. The lowest BCUT2D eigenvalue weighted by Crippen LogP contribution is -2.51. The van der Waals surface area contributed by atoms with Gasteiger partial charge in [-0.05, 0) is 81.8 Å². The van der Waals surface area contributed by atoms with Gasteiger partial charge in [-0.3, -0.25) is 4.79 Å². The molecule has 184 valence electrons. The Kier molecular flexibility index (Phi) is 7.59. The standard InChI is InChI=1S/C28H37NO5/c1-19(2)20-12-14-23(15-13-20)33-27(3,4)25(30)29-16-8-10-22(18-29)21-9-7-11-24(17-21)34-28(5,6)26(31)32/h7,9,11-15,17,19,22H,8,10,16,18H2,1-6H3,(H,31,32)/t22-/m0/s1. The van der Waals surface area contributed by atoms with Crippen LogP contribution in [0.25, 0.3) is 0 Å². The molecule has 0 aromatic heterocycles. The maximum absolute atomic E-state index is 13.4. The molecule has 1 atom stereocenters. The minimum absolute atomic E-state index is 0.0375. The van der Waals surface area contributed by atoms with E-state index < -0.39 is 17.2 Å². The predicted molar refractivity (Wildman–Crippen MR) is 133 cm³/mol. The topological polar surface area (TPSA) is 76.1 Å². The second-order valence-corrected chi connectivity index (χ2v) is 10.4. The van der Waals surface area contributed by atoms with Gasteiger partial charge in [0.15, 0.2) is 11.2 Å². The number of ether oxygens (including phenoxy) is 2. The number of carboxylic acids is 1. The summed E-state index contributed by atoms with van der Waals surface area (Å²) in [4.78, 5) is 26.7. The molecule has 1 aliphatic heterocycles. The molecule has 0 saturated carbocycles. The van der Waals surface area contributed by atoms with Crippen molar-refractivity contribution in [3.05, 3.63) is 59.7 Å². The molecule has 0 bridgehead atoms. The van der Waals surface area contributed by atoms with Crippen molar-refractivity contribution < 1.29 is 24.2 Å². The van der Waals surface area contributed by atoms with Gasteiger partial charge in [-0.2, -0.15) is 0 Å². The lowest BCUT2D eigenvalue weighted by Gasteiger charge is -2.38. The minimum Gasteiger partial charge on any atom is -0.478 e. The summed E-state index contributed by atoms with van der Waals surface area (Å²) in [5.74, 6) is 0.727. The highest BCUT2D eigenvalue weighted by Crippen LogP contribution is 2.32. The van der Waals surface area contributed by atoms with Crippen molar-refractivity contribution in [3.63, 3.8) is 0 Å². The van der Waals surface area contributed by atoms with Crippen LogP contribution in [0.4, 0.5) is 0 Å². The molecule has 1 heterocycles. The fourth-order valence-corrected chi connectivity index (χ4v) is 4.24. The first-order valence-corrected chi connectivity index (χ1v) is 12.0. The molecule has 0 aliphatic carbocycles. The van der Waals surface area contributed by atoms with Gasteiger partial charge in [-0.15, -0.1) is 0 Å². The lowest BCUT2D eigenvalue weighted by atomic mass is 9.89. The van der Waals surface area contributed by atoms with Gasteiger partial charge in [-0.1, -0.05) is 38.1 Å². The Morgan fingerprint density at radius 2 is 1.62 bits per heavy atom. The monoisotopic (exact) mass is 467 g/mol. The fourth-order valence-electron chi connectivity index (χ4n) is 4.24. The summed E-state index contributed by atoms with van der Waals surface area (Å²) >= 11 is 0. The van der Waals surface area contributed by atoms with Gasteiger partial charge >= 0.3 is 5.97 Å². The summed E-state index contributed by atoms with van der Waals surface area (Å²) in [5, 5.41) is 9.36. The van der Waals surface area contributed by atoms with Crippen molar-refractivity contribution in [2.24, 2.45) is 0 Å². The Balaban J connectivity index is 1.69. The molecular weight excluding hydrogens is 430 g/mol. The van der Waals surface area contributed by atoms with E-state index in [0.717, 1.165) is 18.4 Å². The Bertz CT molecular complexity index is 1010. The largest absolute Gasteiger partial charge is 0.478 e. The fraction of sp³-hybridized carbons (Fsp3) is 0.500. The van der Waals surface area contributed by atoms with Crippen LogP contribution in [0.2, 0.25) is 0 Å². The molecule has 2 aromatic rings. The quantitative estimate of drug-likeness (QED) is 0.546. The highest BCUT2D eigenvalue weighted by atomic mass is 16.5. The van der Waals surface area contributed by atoms with E-state index in [-0.39, 0.29) is 11.8 Å². The van der Waals surface area contributed by atoms with E-state index in [1.165, 1.54) is 19.4 Å². The highest BCUT2D eigenvalue weighted by Gasteiger charge is 2.37. The molecule has 1 fully saturated rings. The number of carboxylic acid groups (broad SMARTS) is 1. The summed E-state index contributed by atoms with van der Waals surface area (Å²) in [7, 11) is 0. The Morgan fingerprint density at radius 3 is 2.24 bits per heavy atom. The van der Waals surface area contributed by atoms with E-state index in [0.29, 0.717) is 30.5 Å². The molecule has 2 aromatic carbocycles. The first-order chi connectivity index (χ1) is 15.9. The van der Waals surface area contributed by atoms with Crippen LogP contribution in [0.5, 0.6) is 11.5 Å². The van der Waals surface area contributed by atoms with Crippen molar-refractivity contribution in [1.82, 2.24) is 4.90 Å². The summed E-state index contributed by atoms with van der Waals surface area (Å²) in [6.07, 6.45) is 1.84. The second-order valence-electron chi connectivity index (χ2n) is 10.4. The molecule has 3 rings (SSSR count).